The number of carbonyl (C=O) groups excluding carboxylic acids is 1. The quantitative estimate of drug-likeness (QED) is 0.599. The molecular formula is C12H12ClNO2. The molecule has 1 aliphatic carbocycles. The number of aliphatic imine (C=N–C) groups is 1. The van der Waals surface area contributed by atoms with Gasteiger partial charge < -0.3 is 4.74 Å². The molecule has 4 heteroatoms. The average molecular weight is 238 g/mol. The van der Waals surface area contributed by atoms with Gasteiger partial charge >= 0.3 is 0 Å². The third-order valence-electron chi connectivity index (χ3n) is 3.10. The number of halogens is 1. The van der Waals surface area contributed by atoms with Gasteiger partial charge in [-0.3, -0.25) is 0 Å². The van der Waals surface area contributed by atoms with E-state index in [9.17, 15) is 4.79 Å². The number of isocyanates is 1. The maximum atomic E-state index is 10.5. The Morgan fingerprint density at radius 3 is 2.75 bits per heavy atom. The molecule has 0 atom stereocenters. The summed E-state index contributed by atoms with van der Waals surface area (Å²) < 4.78 is 5.28. The fourth-order valence-electron chi connectivity index (χ4n) is 2.08. The van der Waals surface area contributed by atoms with E-state index in [1.165, 1.54) is 0 Å². The van der Waals surface area contributed by atoms with Crippen LogP contribution in [0, 0.1) is 0 Å². The molecule has 0 saturated heterocycles. The van der Waals surface area contributed by atoms with E-state index in [4.69, 9.17) is 16.3 Å². The van der Waals surface area contributed by atoms with Crippen molar-refractivity contribution in [2.45, 2.75) is 24.8 Å². The van der Waals surface area contributed by atoms with Crippen molar-refractivity contribution in [2.24, 2.45) is 4.99 Å². The first-order valence-electron chi connectivity index (χ1n) is 5.15. The number of rotatable bonds is 3. The molecule has 1 aliphatic rings. The third-order valence-corrected chi connectivity index (χ3v) is 3.34. The molecule has 2 rings (SSSR count). The van der Waals surface area contributed by atoms with Crippen molar-refractivity contribution < 1.29 is 9.53 Å². The van der Waals surface area contributed by atoms with E-state index in [-0.39, 0.29) is 0 Å². The highest BCUT2D eigenvalue weighted by molar-refractivity contribution is 6.30. The minimum absolute atomic E-state index is 0.460. The van der Waals surface area contributed by atoms with Crippen molar-refractivity contribution in [3.05, 3.63) is 28.8 Å². The van der Waals surface area contributed by atoms with Gasteiger partial charge in [-0.1, -0.05) is 11.6 Å². The Kier molecular flexibility index (Phi) is 2.99. The summed E-state index contributed by atoms with van der Waals surface area (Å²) in [5, 5.41) is 0.628. The van der Waals surface area contributed by atoms with E-state index < -0.39 is 5.54 Å². The summed E-state index contributed by atoms with van der Waals surface area (Å²) in [5.41, 5.74) is 0.426. The van der Waals surface area contributed by atoms with Crippen LogP contribution in [0.3, 0.4) is 0 Å². The zero-order chi connectivity index (χ0) is 11.6. The van der Waals surface area contributed by atoms with Crippen LogP contribution in [-0.4, -0.2) is 13.2 Å². The highest BCUT2D eigenvalue weighted by Gasteiger charge is 2.41. The lowest BCUT2D eigenvalue weighted by Crippen LogP contribution is -2.32. The molecule has 0 aromatic heterocycles. The molecule has 0 amide bonds. The van der Waals surface area contributed by atoms with Crippen LogP contribution in [0.25, 0.3) is 0 Å². The van der Waals surface area contributed by atoms with Crippen LogP contribution < -0.4 is 4.74 Å². The molecule has 1 saturated carbocycles. The molecule has 84 valence electrons. The summed E-state index contributed by atoms with van der Waals surface area (Å²) in [6.07, 6.45) is 4.40. The Hall–Kier alpha value is -1.31. The van der Waals surface area contributed by atoms with Crippen molar-refractivity contribution in [1.29, 1.82) is 0 Å². The van der Waals surface area contributed by atoms with Crippen molar-refractivity contribution in [2.75, 3.05) is 7.11 Å². The second-order valence-corrected chi connectivity index (χ2v) is 4.37. The van der Waals surface area contributed by atoms with Crippen LogP contribution in [-0.2, 0) is 10.3 Å². The number of methoxy groups -OCH3 is 1. The highest BCUT2D eigenvalue weighted by Crippen LogP contribution is 2.48. The van der Waals surface area contributed by atoms with Crippen molar-refractivity contribution in [3.63, 3.8) is 0 Å². The number of nitrogens with zero attached hydrogens (tertiary/aromatic N) is 1. The zero-order valence-corrected chi connectivity index (χ0v) is 9.75. The summed E-state index contributed by atoms with van der Waals surface area (Å²) >= 11 is 5.97. The molecule has 1 aromatic rings. The predicted molar refractivity (Wildman–Crippen MR) is 61.7 cm³/mol. The fourth-order valence-corrected chi connectivity index (χ4v) is 2.26. The number of ether oxygens (including phenoxy) is 1. The normalized spacial score (nSPS) is 17.1. The first kappa shape index (κ1) is 11.2. The van der Waals surface area contributed by atoms with Crippen molar-refractivity contribution in [1.82, 2.24) is 0 Å². The molecule has 1 aromatic carbocycles. The molecule has 3 nitrogen and oxygen atoms in total. The van der Waals surface area contributed by atoms with Gasteiger partial charge in [0.2, 0.25) is 6.08 Å². The molecule has 16 heavy (non-hydrogen) atoms. The monoisotopic (exact) mass is 237 g/mol. The van der Waals surface area contributed by atoms with Crippen LogP contribution >= 0.6 is 11.6 Å². The van der Waals surface area contributed by atoms with E-state index in [0.29, 0.717) is 5.02 Å². The standard InChI is InChI=1S/C12H12ClNO2/c1-16-11-4-3-9(13)7-10(11)12(14-8-15)5-2-6-12/h3-4,7H,2,5-6H2,1H3. The van der Waals surface area contributed by atoms with Gasteiger partial charge in [0.1, 0.15) is 11.3 Å². The van der Waals surface area contributed by atoms with Crippen LogP contribution in [0.5, 0.6) is 5.75 Å². The number of hydrogen-bond acceptors (Lipinski definition) is 3. The predicted octanol–water partition coefficient (Wildman–Crippen LogP) is 3.06. The summed E-state index contributed by atoms with van der Waals surface area (Å²) in [6, 6.07) is 5.39. The Labute approximate surface area is 99.1 Å². The zero-order valence-electron chi connectivity index (χ0n) is 9.00. The maximum Gasteiger partial charge on any atom is 0.235 e. The molecule has 0 unspecified atom stereocenters. The molecule has 0 aliphatic heterocycles. The van der Waals surface area contributed by atoms with E-state index in [1.807, 2.05) is 6.07 Å². The Morgan fingerprint density at radius 1 is 1.50 bits per heavy atom. The Morgan fingerprint density at radius 2 is 2.25 bits per heavy atom. The molecule has 0 radical (unpaired) electrons. The van der Waals surface area contributed by atoms with Gasteiger partial charge in [-0.05, 0) is 37.5 Å². The van der Waals surface area contributed by atoms with Crippen LogP contribution in [0.4, 0.5) is 0 Å². The van der Waals surface area contributed by atoms with Gasteiger partial charge in [-0.15, -0.1) is 0 Å². The van der Waals surface area contributed by atoms with Gasteiger partial charge in [0, 0.05) is 10.6 Å². The van der Waals surface area contributed by atoms with Crippen LogP contribution in [0.2, 0.25) is 5.02 Å². The largest absolute Gasteiger partial charge is 0.496 e. The topological polar surface area (TPSA) is 38.7 Å². The minimum atomic E-state index is -0.460. The summed E-state index contributed by atoms with van der Waals surface area (Å²) in [7, 11) is 1.60. The van der Waals surface area contributed by atoms with Gasteiger partial charge in [-0.2, -0.15) is 4.99 Å². The third kappa shape index (κ3) is 1.73. The summed E-state index contributed by atoms with van der Waals surface area (Å²) in [4.78, 5) is 14.4. The van der Waals surface area contributed by atoms with Crippen LogP contribution in [0.1, 0.15) is 24.8 Å². The first-order valence-corrected chi connectivity index (χ1v) is 5.53. The highest BCUT2D eigenvalue weighted by atomic mass is 35.5. The summed E-state index contributed by atoms with van der Waals surface area (Å²) in [5.74, 6) is 0.725. The lowest BCUT2D eigenvalue weighted by molar-refractivity contribution is 0.246. The molecule has 0 heterocycles. The molecule has 1 fully saturated rings. The van der Waals surface area contributed by atoms with E-state index >= 15 is 0 Å². The Balaban J connectivity index is 2.52. The SMILES string of the molecule is COc1ccc(Cl)cc1C1(N=C=O)CCC1. The second kappa shape index (κ2) is 4.28. The van der Waals surface area contributed by atoms with Gasteiger partial charge in [0.05, 0.1) is 7.11 Å². The molecule has 0 N–H and O–H groups in total. The maximum absolute atomic E-state index is 10.5. The molecule has 0 bridgehead atoms. The van der Waals surface area contributed by atoms with Crippen molar-refractivity contribution >= 4 is 17.7 Å². The average Bonchev–Trinajstić information content (AvgIpc) is 2.23. The van der Waals surface area contributed by atoms with Gasteiger partial charge in [-0.25, -0.2) is 4.79 Å². The number of benzene rings is 1. The van der Waals surface area contributed by atoms with Gasteiger partial charge in [0.15, 0.2) is 0 Å². The molecule has 0 spiro atoms. The lowest BCUT2D eigenvalue weighted by Gasteiger charge is -2.37. The minimum Gasteiger partial charge on any atom is -0.496 e. The van der Waals surface area contributed by atoms with Crippen LogP contribution in [0.15, 0.2) is 23.2 Å². The lowest BCUT2D eigenvalue weighted by atomic mass is 9.72. The van der Waals surface area contributed by atoms with Gasteiger partial charge in [0.25, 0.3) is 0 Å². The second-order valence-electron chi connectivity index (χ2n) is 3.93. The Bertz CT molecular complexity index is 448. The van der Waals surface area contributed by atoms with E-state index in [1.54, 1.807) is 25.3 Å². The van der Waals surface area contributed by atoms with Crippen molar-refractivity contribution in [3.8, 4) is 5.75 Å². The summed E-state index contributed by atoms with van der Waals surface area (Å²) in [6.45, 7) is 0. The van der Waals surface area contributed by atoms with E-state index in [0.717, 1.165) is 30.6 Å². The first-order chi connectivity index (χ1) is 7.72. The molecular weight excluding hydrogens is 226 g/mol. The smallest absolute Gasteiger partial charge is 0.235 e. The van der Waals surface area contributed by atoms with E-state index in [2.05, 4.69) is 4.99 Å². The fraction of sp³-hybridized carbons (Fsp3) is 0.417. The number of hydrogen-bond donors (Lipinski definition) is 0.